The van der Waals surface area contributed by atoms with E-state index in [4.69, 9.17) is 9.51 Å². The van der Waals surface area contributed by atoms with Gasteiger partial charge in [-0.3, -0.25) is 14.7 Å². The SMILES string of the molecule is Cc1cc(C(=O)N(Cc2ccccn2)c2nc3cc(C)c(C)cc3s2)no1. The second kappa shape index (κ2) is 6.92. The Labute approximate surface area is 160 Å². The molecule has 0 N–H and O–H groups in total. The molecular formula is C20H18N4O2S. The normalized spacial score (nSPS) is 11.1. The van der Waals surface area contributed by atoms with Gasteiger partial charge < -0.3 is 4.52 Å². The molecule has 0 aliphatic heterocycles. The fourth-order valence-electron chi connectivity index (χ4n) is 2.77. The van der Waals surface area contributed by atoms with Gasteiger partial charge in [-0.15, -0.1) is 0 Å². The molecule has 1 amide bonds. The van der Waals surface area contributed by atoms with Crippen molar-refractivity contribution < 1.29 is 9.32 Å². The zero-order valence-electron chi connectivity index (χ0n) is 15.3. The molecule has 0 aliphatic rings. The third kappa shape index (κ3) is 3.46. The first-order valence-corrected chi connectivity index (χ1v) is 9.36. The molecule has 7 heteroatoms. The molecule has 4 rings (SSSR count). The lowest BCUT2D eigenvalue weighted by atomic mass is 10.1. The van der Waals surface area contributed by atoms with Gasteiger partial charge in [0, 0.05) is 12.3 Å². The minimum atomic E-state index is -0.259. The molecule has 0 unspecified atom stereocenters. The molecule has 0 spiro atoms. The molecule has 0 saturated carbocycles. The zero-order chi connectivity index (χ0) is 19.0. The molecular weight excluding hydrogens is 360 g/mol. The fraction of sp³-hybridized carbons (Fsp3) is 0.200. The van der Waals surface area contributed by atoms with E-state index in [1.165, 1.54) is 22.5 Å². The summed E-state index contributed by atoms with van der Waals surface area (Å²) in [6.07, 6.45) is 1.71. The van der Waals surface area contributed by atoms with Crippen LogP contribution in [0.15, 0.2) is 47.1 Å². The molecule has 3 heterocycles. The smallest absolute Gasteiger partial charge is 0.282 e. The minimum absolute atomic E-state index is 0.259. The Kier molecular flexibility index (Phi) is 4.45. The summed E-state index contributed by atoms with van der Waals surface area (Å²) in [4.78, 5) is 23.8. The maximum Gasteiger partial charge on any atom is 0.282 e. The Morgan fingerprint density at radius 1 is 1.15 bits per heavy atom. The lowest BCUT2D eigenvalue weighted by molar-refractivity contribution is 0.0976. The summed E-state index contributed by atoms with van der Waals surface area (Å²) in [5, 5.41) is 4.49. The van der Waals surface area contributed by atoms with Gasteiger partial charge in [-0.05, 0) is 56.2 Å². The van der Waals surface area contributed by atoms with Crippen LogP contribution in [0.1, 0.15) is 33.1 Å². The molecule has 0 radical (unpaired) electrons. The number of amides is 1. The standard InChI is InChI=1S/C20H18N4O2S/c1-12-8-16-18(9-13(12)2)27-20(22-16)24(11-15-6-4-5-7-21-15)19(25)17-10-14(3)26-23-17/h4-10H,11H2,1-3H3. The van der Waals surface area contributed by atoms with Crippen molar-refractivity contribution in [1.29, 1.82) is 0 Å². The highest BCUT2D eigenvalue weighted by Crippen LogP contribution is 2.32. The van der Waals surface area contributed by atoms with Gasteiger partial charge in [-0.25, -0.2) is 4.98 Å². The van der Waals surface area contributed by atoms with Crippen molar-refractivity contribution in [3.63, 3.8) is 0 Å². The molecule has 0 atom stereocenters. The van der Waals surface area contributed by atoms with E-state index in [1.807, 2.05) is 24.3 Å². The molecule has 6 nitrogen and oxygen atoms in total. The van der Waals surface area contributed by atoms with E-state index < -0.39 is 0 Å². The Morgan fingerprint density at radius 2 is 1.96 bits per heavy atom. The van der Waals surface area contributed by atoms with Gasteiger partial charge in [0.1, 0.15) is 5.76 Å². The molecule has 0 aliphatic carbocycles. The average molecular weight is 378 g/mol. The van der Waals surface area contributed by atoms with Crippen LogP contribution in [0.5, 0.6) is 0 Å². The van der Waals surface area contributed by atoms with E-state index >= 15 is 0 Å². The van der Waals surface area contributed by atoms with E-state index in [0.29, 0.717) is 17.4 Å². The number of hydrogen-bond acceptors (Lipinski definition) is 6. The third-order valence-electron chi connectivity index (χ3n) is 4.36. The number of hydrogen-bond donors (Lipinski definition) is 0. The highest BCUT2D eigenvalue weighted by molar-refractivity contribution is 7.22. The van der Waals surface area contributed by atoms with Crippen molar-refractivity contribution in [3.8, 4) is 0 Å². The van der Waals surface area contributed by atoms with E-state index in [2.05, 4.69) is 30.1 Å². The number of benzene rings is 1. The molecule has 0 fully saturated rings. The third-order valence-corrected chi connectivity index (χ3v) is 5.40. The lowest BCUT2D eigenvalue weighted by Crippen LogP contribution is -2.31. The van der Waals surface area contributed by atoms with Crippen LogP contribution >= 0.6 is 11.3 Å². The van der Waals surface area contributed by atoms with Crippen LogP contribution in [0, 0.1) is 20.8 Å². The molecule has 0 saturated heterocycles. The number of carbonyl (C=O) groups excluding carboxylic acids is 1. The highest BCUT2D eigenvalue weighted by Gasteiger charge is 2.24. The van der Waals surface area contributed by atoms with Crippen LogP contribution in [0.25, 0.3) is 10.2 Å². The van der Waals surface area contributed by atoms with Crippen molar-refractivity contribution in [1.82, 2.24) is 15.1 Å². The molecule has 0 bridgehead atoms. The summed E-state index contributed by atoms with van der Waals surface area (Å²) in [6.45, 7) is 6.20. The Morgan fingerprint density at radius 3 is 2.67 bits per heavy atom. The number of pyridine rings is 1. The van der Waals surface area contributed by atoms with Gasteiger partial charge in [0.2, 0.25) is 0 Å². The van der Waals surface area contributed by atoms with E-state index in [1.54, 1.807) is 24.1 Å². The monoisotopic (exact) mass is 378 g/mol. The highest BCUT2D eigenvalue weighted by atomic mass is 32.1. The van der Waals surface area contributed by atoms with Crippen molar-refractivity contribution in [2.45, 2.75) is 27.3 Å². The summed E-state index contributed by atoms with van der Waals surface area (Å²) in [5.74, 6) is 0.330. The van der Waals surface area contributed by atoms with Gasteiger partial charge >= 0.3 is 0 Å². The Bertz CT molecular complexity index is 1080. The zero-order valence-corrected chi connectivity index (χ0v) is 16.1. The maximum absolute atomic E-state index is 13.1. The van der Waals surface area contributed by atoms with E-state index in [0.717, 1.165) is 15.9 Å². The largest absolute Gasteiger partial charge is 0.361 e. The van der Waals surface area contributed by atoms with Gasteiger partial charge in [-0.2, -0.15) is 0 Å². The minimum Gasteiger partial charge on any atom is -0.361 e. The lowest BCUT2D eigenvalue weighted by Gasteiger charge is -2.18. The van der Waals surface area contributed by atoms with Crippen LogP contribution in [-0.2, 0) is 6.54 Å². The van der Waals surface area contributed by atoms with Crippen molar-refractivity contribution >= 4 is 32.6 Å². The van der Waals surface area contributed by atoms with Crippen molar-refractivity contribution in [2.75, 3.05) is 4.90 Å². The van der Waals surface area contributed by atoms with Gasteiger partial charge in [0.15, 0.2) is 10.8 Å². The van der Waals surface area contributed by atoms with Gasteiger partial charge in [-0.1, -0.05) is 22.6 Å². The first-order chi connectivity index (χ1) is 13.0. The second-order valence-corrected chi connectivity index (χ2v) is 7.44. The van der Waals surface area contributed by atoms with Crippen LogP contribution in [0.3, 0.4) is 0 Å². The van der Waals surface area contributed by atoms with Crippen molar-refractivity contribution in [2.24, 2.45) is 0 Å². The van der Waals surface area contributed by atoms with E-state index in [-0.39, 0.29) is 11.6 Å². The van der Waals surface area contributed by atoms with Gasteiger partial charge in [0.05, 0.1) is 22.5 Å². The summed E-state index contributed by atoms with van der Waals surface area (Å²) in [7, 11) is 0. The molecule has 27 heavy (non-hydrogen) atoms. The number of thiazole rings is 1. The first-order valence-electron chi connectivity index (χ1n) is 8.54. The number of nitrogens with zero attached hydrogens (tertiary/aromatic N) is 4. The number of fused-ring (bicyclic) bond motifs is 1. The average Bonchev–Trinajstić information content (AvgIpc) is 3.26. The topological polar surface area (TPSA) is 72.1 Å². The summed E-state index contributed by atoms with van der Waals surface area (Å²) in [6, 6.07) is 11.4. The second-order valence-electron chi connectivity index (χ2n) is 6.44. The number of anilines is 1. The summed E-state index contributed by atoms with van der Waals surface area (Å²) >= 11 is 1.49. The quantitative estimate of drug-likeness (QED) is 0.524. The predicted octanol–water partition coefficient (Wildman–Crippen LogP) is 4.45. The summed E-state index contributed by atoms with van der Waals surface area (Å²) in [5.41, 5.74) is 4.29. The Balaban J connectivity index is 1.78. The number of rotatable bonds is 4. The molecule has 3 aromatic heterocycles. The van der Waals surface area contributed by atoms with Gasteiger partial charge in [0.25, 0.3) is 5.91 Å². The van der Waals surface area contributed by atoms with Crippen LogP contribution < -0.4 is 4.90 Å². The number of carbonyl (C=O) groups is 1. The van der Waals surface area contributed by atoms with Crippen LogP contribution in [-0.4, -0.2) is 21.0 Å². The number of aryl methyl sites for hydroxylation is 3. The van der Waals surface area contributed by atoms with Crippen LogP contribution in [0.2, 0.25) is 0 Å². The molecule has 4 aromatic rings. The first kappa shape index (κ1) is 17.4. The predicted molar refractivity (Wildman–Crippen MR) is 105 cm³/mol. The molecule has 136 valence electrons. The molecule has 1 aromatic carbocycles. The van der Waals surface area contributed by atoms with Crippen molar-refractivity contribution in [3.05, 3.63) is 70.9 Å². The number of aromatic nitrogens is 3. The maximum atomic E-state index is 13.1. The summed E-state index contributed by atoms with van der Waals surface area (Å²) < 4.78 is 6.13. The Hall–Kier alpha value is -3.06. The fourth-order valence-corrected chi connectivity index (χ4v) is 3.81. The van der Waals surface area contributed by atoms with Crippen LogP contribution in [0.4, 0.5) is 5.13 Å². The van der Waals surface area contributed by atoms with E-state index in [9.17, 15) is 4.79 Å².